The molecule has 1 unspecified atom stereocenters. The lowest BCUT2D eigenvalue weighted by Gasteiger charge is -2.33. The van der Waals surface area contributed by atoms with Crippen molar-refractivity contribution in [3.05, 3.63) is 42.5 Å². The van der Waals surface area contributed by atoms with Crippen LogP contribution in [0.15, 0.2) is 42.1 Å². The fourth-order valence-electron chi connectivity index (χ4n) is 3.36. The Balaban J connectivity index is 1.75. The number of amides is 1. The summed E-state index contributed by atoms with van der Waals surface area (Å²) in [4.78, 5) is 14.6. The summed E-state index contributed by atoms with van der Waals surface area (Å²) in [7, 11) is 0. The van der Waals surface area contributed by atoms with Crippen molar-refractivity contribution in [2.75, 3.05) is 12.3 Å². The normalized spacial score (nSPS) is 17.3. The van der Waals surface area contributed by atoms with Gasteiger partial charge in [0.05, 0.1) is 5.75 Å². The quantitative estimate of drug-likeness (QED) is 0.571. The molecule has 5 nitrogen and oxygen atoms in total. The van der Waals surface area contributed by atoms with Gasteiger partial charge in [0.25, 0.3) is 0 Å². The molecule has 1 aromatic carbocycles. The third-order valence-corrected chi connectivity index (χ3v) is 5.70. The van der Waals surface area contributed by atoms with E-state index in [0.717, 1.165) is 35.9 Å². The van der Waals surface area contributed by atoms with E-state index < -0.39 is 0 Å². The van der Waals surface area contributed by atoms with Gasteiger partial charge in [-0.2, -0.15) is 0 Å². The molecule has 0 aliphatic carbocycles. The number of piperidine rings is 1. The molecule has 1 aliphatic rings. The first-order valence-electron chi connectivity index (χ1n) is 9.13. The van der Waals surface area contributed by atoms with Gasteiger partial charge in [0, 0.05) is 24.7 Å². The number of aryl methyl sites for hydroxylation is 1. The molecular weight excluding hydrogens is 344 g/mol. The Bertz CT molecular complexity index is 786. The predicted molar refractivity (Wildman–Crippen MR) is 106 cm³/mol. The maximum atomic E-state index is 12.6. The number of hydrogen-bond donors (Lipinski definition) is 0. The Morgan fingerprint density at radius 3 is 2.96 bits per heavy atom. The van der Waals surface area contributed by atoms with Gasteiger partial charge in [0.1, 0.15) is 0 Å². The van der Waals surface area contributed by atoms with Gasteiger partial charge in [-0.25, -0.2) is 0 Å². The lowest BCUT2D eigenvalue weighted by atomic mass is 10.0. The van der Waals surface area contributed by atoms with Gasteiger partial charge in [-0.1, -0.05) is 41.6 Å². The second-order valence-electron chi connectivity index (χ2n) is 6.80. The Hall–Kier alpha value is -2.08. The summed E-state index contributed by atoms with van der Waals surface area (Å²) in [6.45, 7) is 9.53. The summed E-state index contributed by atoms with van der Waals surface area (Å²) in [5.41, 5.74) is 2.21. The van der Waals surface area contributed by atoms with Gasteiger partial charge < -0.3 is 4.90 Å². The molecule has 6 heteroatoms. The number of carbonyl (C=O) groups excluding carboxylic acids is 1. The summed E-state index contributed by atoms with van der Waals surface area (Å²) < 4.78 is 2.03. The van der Waals surface area contributed by atoms with Crippen molar-refractivity contribution in [1.29, 1.82) is 0 Å². The van der Waals surface area contributed by atoms with Crippen LogP contribution in [0.3, 0.4) is 0 Å². The molecule has 0 saturated carbocycles. The molecule has 1 amide bonds. The van der Waals surface area contributed by atoms with Crippen molar-refractivity contribution in [3.63, 3.8) is 0 Å². The van der Waals surface area contributed by atoms with Gasteiger partial charge in [0.15, 0.2) is 11.0 Å². The zero-order valence-corrected chi connectivity index (χ0v) is 16.3. The molecule has 26 heavy (non-hydrogen) atoms. The van der Waals surface area contributed by atoms with Crippen LogP contribution in [0.4, 0.5) is 0 Å². The van der Waals surface area contributed by atoms with Gasteiger partial charge in [-0.15, -0.1) is 16.8 Å². The van der Waals surface area contributed by atoms with Crippen LogP contribution in [-0.4, -0.2) is 43.9 Å². The molecule has 1 fully saturated rings. The van der Waals surface area contributed by atoms with Crippen molar-refractivity contribution in [3.8, 4) is 11.4 Å². The largest absolute Gasteiger partial charge is 0.339 e. The number of aromatic nitrogens is 3. The Morgan fingerprint density at radius 2 is 2.23 bits per heavy atom. The average molecular weight is 371 g/mol. The summed E-state index contributed by atoms with van der Waals surface area (Å²) >= 11 is 1.46. The minimum Gasteiger partial charge on any atom is -0.339 e. The van der Waals surface area contributed by atoms with Crippen molar-refractivity contribution in [2.24, 2.45) is 0 Å². The van der Waals surface area contributed by atoms with Crippen molar-refractivity contribution >= 4 is 17.7 Å². The molecule has 138 valence electrons. The molecule has 1 atom stereocenters. The SMILES string of the molecule is C=CCn1c(SCC(=O)N2CCCCC2C)nnc1-c1cccc(C)c1. The second kappa shape index (κ2) is 8.54. The number of likely N-dealkylation sites (tertiary alicyclic amines) is 1. The molecular formula is C20H26N4OS. The van der Waals surface area contributed by atoms with E-state index in [4.69, 9.17) is 0 Å². The number of allylic oxidation sites excluding steroid dienone is 1. The fraction of sp³-hybridized carbons (Fsp3) is 0.450. The molecule has 1 saturated heterocycles. The molecule has 1 aliphatic heterocycles. The average Bonchev–Trinajstić information content (AvgIpc) is 3.03. The first-order chi connectivity index (χ1) is 12.6. The number of nitrogens with zero attached hydrogens (tertiary/aromatic N) is 4. The maximum Gasteiger partial charge on any atom is 0.233 e. The molecule has 2 heterocycles. The van der Waals surface area contributed by atoms with Crippen LogP contribution in [-0.2, 0) is 11.3 Å². The minimum absolute atomic E-state index is 0.187. The number of thioether (sulfide) groups is 1. The molecule has 2 aromatic rings. The van der Waals surface area contributed by atoms with E-state index in [0.29, 0.717) is 18.3 Å². The van der Waals surface area contributed by atoms with E-state index in [1.54, 1.807) is 0 Å². The summed E-state index contributed by atoms with van der Waals surface area (Å²) in [6.07, 6.45) is 5.25. The van der Waals surface area contributed by atoms with Crippen LogP contribution in [0.2, 0.25) is 0 Å². The lowest BCUT2D eigenvalue weighted by Crippen LogP contribution is -2.43. The molecule has 1 aromatic heterocycles. The highest BCUT2D eigenvalue weighted by molar-refractivity contribution is 7.99. The second-order valence-corrected chi connectivity index (χ2v) is 7.74. The van der Waals surface area contributed by atoms with Crippen LogP contribution < -0.4 is 0 Å². The van der Waals surface area contributed by atoms with E-state index in [1.807, 2.05) is 27.7 Å². The standard InChI is InChI=1S/C20H26N4OS/c1-4-11-24-19(17-10-7-8-15(2)13-17)21-22-20(24)26-14-18(25)23-12-6-5-9-16(23)3/h4,7-8,10,13,16H,1,5-6,9,11-12,14H2,2-3H3. The zero-order valence-electron chi connectivity index (χ0n) is 15.5. The van der Waals surface area contributed by atoms with E-state index in [1.165, 1.54) is 23.7 Å². The highest BCUT2D eigenvalue weighted by Gasteiger charge is 2.24. The van der Waals surface area contributed by atoms with Crippen molar-refractivity contribution < 1.29 is 4.79 Å². The molecule has 0 N–H and O–H groups in total. The van der Waals surface area contributed by atoms with Crippen molar-refractivity contribution in [1.82, 2.24) is 19.7 Å². The molecule has 0 spiro atoms. The predicted octanol–water partition coefficient (Wildman–Crippen LogP) is 3.93. The Kier molecular flexibility index (Phi) is 6.14. The highest BCUT2D eigenvalue weighted by Crippen LogP contribution is 2.26. The molecule has 0 bridgehead atoms. The minimum atomic E-state index is 0.187. The van der Waals surface area contributed by atoms with Gasteiger partial charge in [-0.05, 0) is 39.2 Å². The van der Waals surface area contributed by atoms with Gasteiger partial charge >= 0.3 is 0 Å². The van der Waals surface area contributed by atoms with Gasteiger partial charge in [-0.3, -0.25) is 9.36 Å². The molecule has 3 rings (SSSR count). The van der Waals surface area contributed by atoms with Crippen LogP contribution in [0.25, 0.3) is 11.4 Å². The maximum absolute atomic E-state index is 12.6. The molecule has 0 radical (unpaired) electrons. The number of carbonyl (C=O) groups is 1. The Morgan fingerprint density at radius 1 is 1.38 bits per heavy atom. The third-order valence-electron chi connectivity index (χ3n) is 4.75. The number of benzene rings is 1. The smallest absolute Gasteiger partial charge is 0.233 e. The van der Waals surface area contributed by atoms with Gasteiger partial charge in [0.2, 0.25) is 5.91 Å². The summed E-state index contributed by atoms with van der Waals surface area (Å²) in [5, 5.41) is 9.47. The van der Waals surface area contributed by atoms with Crippen LogP contribution in [0, 0.1) is 6.92 Å². The summed E-state index contributed by atoms with van der Waals surface area (Å²) in [5.74, 6) is 1.40. The van der Waals surface area contributed by atoms with Crippen LogP contribution >= 0.6 is 11.8 Å². The number of rotatable bonds is 6. The monoisotopic (exact) mass is 370 g/mol. The number of hydrogen-bond acceptors (Lipinski definition) is 4. The van der Waals surface area contributed by atoms with Crippen LogP contribution in [0.5, 0.6) is 0 Å². The van der Waals surface area contributed by atoms with E-state index in [9.17, 15) is 4.79 Å². The topological polar surface area (TPSA) is 51.0 Å². The van der Waals surface area contributed by atoms with Crippen LogP contribution in [0.1, 0.15) is 31.7 Å². The zero-order chi connectivity index (χ0) is 18.5. The van der Waals surface area contributed by atoms with Crippen molar-refractivity contribution in [2.45, 2.75) is 50.9 Å². The summed E-state index contributed by atoms with van der Waals surface area (Å²) in [6, 6.07) is 8.55. The lowest BCUT2D eigenvalue weighted by molar-refractivity contribution is -0.131. The van der Waals surface area contributed by atoms with E-state index in [-0.39, 0.29) is 5.91 Å². The first-order valence-corrected chi connectivity index (χ1v) is 10.1. The third kappa shape index (κ3) is 4.18. The first kappa shape index (κ1) is 18.7. The van der Waals surface area contributed by atoms with E-state index >= 15 is 0 Å². The van der Waals surface area contributed by atoms with E-state index in [2.05, 4.69) is 42.8 Å². The highest BCUT2D eigenvalue weighted by atomic mass is 32.2. The Labute approximate surface area is 159 Å². The fourth-order valence-corrected chi connectivity index (χ4v) is 4.20.